The van der Waals surface area contributed by atoms with Gasteiger partial charge in [-0.15, -0.1) is 0 Å². The second-order valence-corrected chi connectivity index (χ2v) is 6.18. The van der Waals surface area contributed by atoms with E-state index >= 15 is 0 Å². The molecule has 0 aliphatic heterocycles. The summed E-state index contributed by atoms with van der Waals surface area (Å²) in [5.74, 6) is 0. The third-order valence-electron chi connectivity index (χ3n) is 4.87. The van der Waals surface area contributed by atoms with Crippen molar-refractivity contribution in [3.8, 4) is 0 Å². The van der Waals surface area contributed by atoms with Gasteiger partial charge in [-0.05, 0) is 41.7 Å². The van der Waals surface area contributed by atoms with Crippen LogP contribution in [0.3, 0.4) is 0 Å². The molecule has 0 unspecified atom stereocenters. The Morgan fingerprint density at radius 1 is 0.269 bits per heavy atom. The number of hydrogen-bond donors (Lipinski definition) is 0. The van der Waals surface area contributed by atoms with Gasteiger partial charge >= 0.3 is 0 Å². The maximum atomic E-state index is 2.24. The largest absolute Gasteiger partial charge is 0.0683 e. The summed E-state index contributed by atoms with van der Waals surface area (Å²) in [6.07, 6.45) is 0. The Kier molecular flexibility index (Phi) is 4.41. The van der Waals surface area contributed by atoms with E-state index in [-0.39, 0.29) is 0 Å². The Morgan fingerprint density at radius 3 is 0.500 bits per heavy atom. The van der Waals surface area contributed by atoms with Crippen LogP contribution in [0, 0.1) is 41.7 Å². The minimum absolute atomic E-state index is 1.30. The van der Waals surface area contributed by atoms with E-state index in [9.17, 15) is 0 Å². The summed E-state index contributed by atoms with van der Waals surface area (Å²) in [7, 11) is 0. The highest BCUT2D eigenvalue weighted by atomic mass is 14.0. The molecule has 126 valence electrons. The molecular formula is C26H22. The minimum Gasteiger partial charge on any atom is -0.0683 e. The third kappa shape index (κ3) is 2.55. The molecule has 0 fully saturated rings. The maximum absolute atomic E-state index is 2.24. The van der Waals surface area contributed by atoms with Gasteiger partial charge in [0.2, 0.25) is 0 Å². The number of hydrogen-bond acceptors (Lipinski definition) is 0. The predicted octanol–water partition coefficient (Wildman–Crippen LogP) is 6.17. The Morgan fingerprint density at radius 2 is 0.385 bits per heavy atom. The number of benzene rings is 4. The molecule has 0 heteroatoms. The minimum atomic E-state index is 1.30. The van der Waals surface area contributed by atoms with Crippen LogP contribution in [0.4, 0.5) is 0 Å². The second-order valence-electron chi connectivity index (χ2n) is 6.18. The summed E-state index contributed by atoms with van der Waals surface area (Å²) in [5, 5.41) is 10.4. The van der Waals surface area contributed by atoms with Crippen LogP contribution in [0.5, 0.6) is 0 Å². The Labute approximate surface area is 153 Å². The molecule has 0 aromatic heterocycles. The van der Waals surface area contributed by atoms with Gasteiger partial charge in [-0.2, -0.15) is 0 Å². The van der Waals surface area contributed by atoms with Gasteiger partial charge in [0.15, 0.2) is 0 Å². The highest BCUT2D eigenvalue weighted by Crippen LogP contribution is 2.12. The van der Waals surface area contributed by atoms with Crippen LogP contribution >= 0.6 is 0 Å². The fraction of sp³-hybridized carbons (Fsp3) is 0.0769. The van der Waals surface area contributed by atoms with Crippen molar-refractivity contribution < 1.29 is 0 Å². The monoisotopic (exact) mass is 334 g/mol. The number of rotatable bonds is 0. The normalized spacial score (nSPS) is 16.2. The Balaban J connectivity index is 0.000000814. The van der Waals surface area contributed by atoms with Gasteiger partial charge < -0.3 is 0 Å². The van der Waals surface area contributed by atoms with Crippen LogP contribution in [-0.4, -0.2) is 0 Å². The van der Waals surface area contributed by atoms with Crippen molar-refractivity contribution in [2.45, 2.75) is 13.8 Å². The second kappa shape index (κ2) is 7.01. The molecule has 4 aromatic rings. The van der Waals surface area contributed by atoms with Gasteiger partial charge in [0.25, 0.3) is 0 Å². The molecule has 1 aliphatic rings. The molecule has 5 rings (SSSR count). The summed E-state index contributed by atoms with van der Waals surface area (Å²) < 4.78 is 0. The van der Waals surface area contributed by atoms with Gasteiger partial charge in [0.05, 0.1) is 0 Å². The number of fused-ring (bicyclic) bond motifs is 4. The Hall–Kier alpha value is -3.12. The van der Waals surface area contributed by atoms with E-state index in [1.54, 1.807) is 0 Å². The van der Waals surface area contributed by atoms with Crippen molar-refractivity contribution in [3.05, 3.63) is 139 Å². The van der Waals surface area contributed by atoms with Crippen molar-refractivity contribution >= 4 is 0 Å². The van der Waals surface area contributed by atoms with E-state index in [1.165, 1.54) is 41.7 Å². The van der Waals surface area contributed by atoms with Crippen LogP contribution in [0.15, 0.2) is 97.1 Å². The van der Waals surface area contributed by atoms with E-state index in [2.05, 4.69) is 97.1 Å². The topological polar surface area (TPSA) is 0 Å². The van der Waals surface area contributed by atoms with Crippen LogP contribution in [0.2, 0.25) is 0 Å². The molecule has 0 heterocycles. The lowest BCUT2D eigenvalue weighted by Gasteiger charge is -2.02. The summed E-state index contributed by atoms with van der Waals surface area (Å²) >= 11 is 0. The van der Waals surface area contributed by atoms with E-state index in [1.807, 2.05) is 13.8 Å². The lowest BCUT2D eigenvalue weighted by atomic mass is 10.0. The first kappa shape index (κ1) is 16.4. The first-order valence-corrected chi connectivity index (χ1v) is 9.31. The summed E-state index contributed by atoms with van der Waals surface area (Å²) in [4.78, 5) is 0. The summed E-state index contributed by atoms with van der Waals surface area (Å²) in [6.45, 7) is 4.00. The molecule has 0 nitrogen and oxygen atoms in total. The van der Waals surface area contributed by atoms with Crippen LogP contribution in [0.1, 0.15) is 13.8 Å². The Bertz CT molecular complexity index is 1060. The lowest BCUT2D eigenvalue weighted by molar-refractivity contribution is 1.29. The van der Waals surface area contributed by atoms with Crippen molar-refractivity contribution in [2.75, 3.05) is 0 Å². The molecule has 4 aromatic carbocycles. The van der Waals surface area contributed by atoms with Crippen molar-refractivity contribution in [1.82, 2.24) is 0 Å². The van der Waals surface area contributed by atoms with E-state index in [4.69, 9.17) is 0 Å². The fourth-order valence-electron chi connectivity index (χ4n) is 3.81. The molecule has 26 heavy (non-hydrogen) atoms. The fourth-order valence-corrected chi connectivity index (χ4v) is 3.81. The zero-order valence-electron chi connectivity index (χ0n) is 15.2. The molecule has 0 atom stereocenters. The molecular weight excluding hydrogens is 312 g/mol. The maximum Gasteiger partial charge on any atom is -0.00990 e. The lowest BCUT2D eigenvalue weighted by Crippen LogP contribution is -1.88. The van der Waals surface area contributed by atoms with Crippen LogP contribution in [0.25, 0.3) is 0 Å². The van der Waals surface area contributed by atoms with Crippen molar-refractivity contribution in [2.24, 2.45) is 0 Å². The quantitative estimate of drug-likeness (QED) is 0.317. The molecule has 0 amide bonds. The molecule has 1 aliphatic carbocycles. The van der Waals surface area contributed by atoms with Gasteiger partial charge in [0, 0.05) is 0 Å². The van der Waals surface area contributed by atoms with E-state index < -0.39 is 0 Å². The zero-order valence-corrected chi connectivity index (χ0v) is 15.2. The highest BCUT2D eigenvalue weighted by molar-refractivity contribution is 5.29. The summed E-state index contributed by atoms with van der Waals surface area (Å²) in [5.41, 5.74) is 0. The van der Waals surface area contributed by atoms with Gasteiger partial charge in [-0.25, -0.2) is 0 Å². The SMILES string of the molecule is CC.c1ccc2/c(c1)=c1/cccc/c1=c1\cccc\c1=c1/cccc/c1=2. The van der Waals surface area contributed by atoms with Crippen molar-refractivity contribution in [3.63, 3.8) is 0 Å². The van der Waals surface area contributed by atoms with Gasteiger partial charge in [0.1, 0.15) is 0 Å². The first-order chi connectivity index (χ1) is 12.9. The van der Waals surface area contributed by atoms with Crippen LogP contribution < -0.4 is 0 Å². The molecule has 0 radical (unpaired) electrons. The van der Waals surface area contributed by atoms with Gasteiger partial charge in [-0.1, -0.05) is 111 Å². The average molecular weight is 334 g/mol. The molecule has 0 saturated carbocycles. The molecule has 0 spiro atoms. The van der Waals surface area contributed by atoms with E-state index in [0.29, 0.717) is 0 Å². The first-order valence-electron chi connectivity index (χ1n) is 9.31. The summed E-state index contributed by atoms with van der Waals surface area (Å²) in [6, 6.07) is 34.9. The average Bonchev–Trinajstić information content (AvgIpc) is 2.74. The van der Waals surface area contributed by atoms with Crippen molar-refractivity contribution in [1.29, 1.82) is 0 Å². The molecule has 0 saturated heterocycles. The standard InChI is InChI=1S/C24H16.C2H6/c1-2-10-18-17(9-1)19-11-3-4-13-21(19)23-15-7-8-16-24(23)22-14-6-5-12-20(18)22;1-2/h1-16H;1-2H3/b19-17-,20-18-,23-21-,24-22-;. The third-order valence-corrected chi connectivity index (χ3v) is 4.87. The smallest absolute Gasteiger partial charge is 0.00990 e. The zero-order chi connectivity index (χ0) is 17.9. The van der Waals surface area contributed by atoms with E-state index in [0.717, 1.165) is 0 Å². The van der Waals surface area contributed by atoms with Gasteiger partial charge in [-0.3, -0.25) is 0 Å². The molecule has 0 N–H and O–H groups in total. The highest BCUT2D eigenvalue weighted by Gasteiger charge is 1.98. The predicted molar refractivity (Wildman–Crippen MR) is 108 cm³/mol. The van der Waals surface area contributed by atoms with Crippen LogP contribution in [-0.2, 0) is 0 Å². The molecule has 0 bridgehead atoms.